The number of Topliss-reactive ketones (excluding diaryl/α,β-unsaturated/α-hetero) is 1. The predicted molar refractivity (Wildman–Crippen MR) is 113 cm³/mol. The van der Waals surface area contributed by atoms with Gasteiger partial charge in [0.15, 0.2) is 5.78 Å². The summed E-state index contributed by atoms with van der Waals surface area (Å²) in [4.78, 5) is 40.0. The number of aryl methyl sites for hydroxylation is 1. The predicted octanol–water partition coefficient (Wildman–Crippen LogP) is 3.83. The van der Waals surface area contributed by atoms with Crippen molar-refractivity contribution in [3.05, 3.63) is 71.3 Å². The van der Waals surface area contributed by atoms with Crippen LogP contribution in [0, 0.1) is 6.92 Å². The van der Waals surface area contributed by atoms with Crippen molar-refractivity contribution >= 4 is 17.6 Å². The Morgan fingerprint density at radius 1 is 0.897 bits per heavy atom. The normalized spacial score (nSPS) is 14.9. The molecule has 1 aliphatic heterocycles. The van der Waals surface area contributed by atoms with Gasteiger partial charge in [0.25, 0.3) is 0 Å². The molecule has 1 unspecified atom stereocenters. The molecule has 1 heterocycles. The number of carbonyl (C=O) groups is 3. The number of hydrogen-bond donors (Lipinski definition) is 1. The molecule has 2 aromatic rings. The monoisotopic (exact) mass is 392 g/mol. The molecule has 3 rings (SSSR count). The molecule has 5 nitrogen and oxygen atoms in total. The summed E-state index contributed by atoms with van der Waals surface area (Å²) in [7, 11) is 0. The second kappa shape index (κ2) is 10.0. The Morgan fingerprint density at radius 2 is 1.55 bits per heavy atom. The van der Waals surface area contributed by atoms with E-state index in [4.69, 9.17) is 0 Å². The molecule has 1 fully saturated rings. The zero-order valence-electron chi connectivity index (χ0n) is 16.9. The molecule has 0 aromatic heterocycles. The van der Waals surface area contributed by atoms with E-state index in [1.54, 1.807) is 6.07 Å². The van der Waals surface area contributed by atoms with Gasteiger partial charge in [-0.2, -0.15) is 0 Å². The van der Waals surface area contributed by atoms with E-state index in [1.807, 2.05) is 60.4 Å². The molecule has 5 heteroatoms. The molecule has 2 aromatic carbocycles. The number of amides is 2. The number of ketones is 1. The summed E-state index contributed by atoms with van der Waals surface area (Å²) < 4.78 is 0. The van der Waals surface area contributed by atoms with Gasteiger partial charge in [-0.25, -0.2) is 0 Å². The Hall–Kier alpha value is -2.95. The number of carbonyl (C=O) groups excluding carboxylic acids is 3. The van der Waals surface area contributed by atoms with Crippen molar-refractivity contribution in [3.63, 3.8) is 0 Å². The summed E-state index contributed by atoms with van der Waals surface area (Å²) >= 11 is 0. The topological polar surface area (TPSA) is 66.5 Å². The van der Waals surface area contributed by atoms with Gasteiger partial charge in [0, 0.05) is 31.5 Å². The number of rotatable bonds is 7. The van der Waals surface area contributed by atoms with Crippen LogP contribution in [0.2, 0.25) is 0 Å². The molecule has 0 spiro atoms. The molecule has 0 saturated carbocycles. The highest BCUT2D eigenvalue weighted by molar-refractivity contribution is 5.99. The molecule has 1 N–H and O–H groups in total. The van der Waals surface area contributed by atoms with Crippen molar-refractivity contribution < 1.29 is 14.4 Å². The Morgan fingerprint density at radius 3 is 2.24 bits per heavy atom. The number of benzene rings is 2. The summed E-state index contributed by atoms with van der Waals surface area (Å²) in [5, 5.41) is 2.87. The van der Waals surface area contributed by atoms with Crippen molar-refractivity contribution in [2.45, 2.75) is 45.1 Å². The minimum absolute atomic E-state index is 0.0585. The average Bonchev–Trinajstić information content (AvgIpc) is 2.77. The lowest BCUT2D eigenvalue weighted by Crippen LogP contribution is -2.45. The fourth-order valence-electron chi connectivity index (χ4n) is 3.71. The second-order valence-electron chi connectivity index (χ2n) is 7.54. The van der Waals surface area contributed by atoms with Crippen LogP contribution in [0.3, 0.4) is 0 Å². The van der Waals surface area contributed by atoms with Crippen molar-refractivity contribution in [2.24, 2.45) is 0 Å². The van der Waals surface area contributed by atoms with Gasteiger partial charge in [0.2, 0.25) is 11.8 Å². The van der Waals surface area contributed by atoms with Crippen molar-refractivity contribution in [1.82, 2.24) is 10.2 Å². The van der Waals surface area contributed by atoms with Gasteiger partial charge >= 0.3 is 0 Å². The van der Waals surface area contributed by atoms with E-state index in [2.05, 4.69) is 5.32 Å². The van der Waals surface area contributed by atoms with Crippen LogP contribution in [-0.4, -0.2) is 35.6 Å². The van der Waals surface area contributed by atoms with E-state index in [0.29, 0.717) is 5.56 Å². The van der Waals surface area contributed by atoms with Gasteiger partial charge in [-0.1, -0.05) is 54.6 Å². The van der Waals surface area contributed by atoms with Crippen LogP contribution in [-0.2, 0) is 9.59 Å². The van der Waals surface area contributed by atoms with E-state index < -0.39 is 6.04 Å². The third-order valence-corrected chi connectivity index (χ3v) is 5.38. The largest absolute Gasteiger partial charge is 0.341 e. The molecule has 1 saturated heterocycles. The quantitative estimate of drug-likeness (QED) is 0.728. The van der Waals surface area contributed by atoms with E-state index in [9.17, 15) is 14.4 Å². The first-order valence-electron chi connectivity index (χ1n) is 10.3. The molecule has 1 atom stereocenters. The van der Waals surface area contributed by atoms with E-state index in [1.165, 1.54) is 0 Å². The van der Waals surface area contributed by atoms with Crippen LogP contribution in [0.15, 0.2) is 54.6 Å². The lowest BCUT2D eigenvalue weighted by molar-refractivity contribution is -0.137. The Kier molecular flexibility index (Phi) is 7.17. The van der Waals surface area contributed by atoms with Gasteiger partial charge in [-0.15, -0.1) is 0 Å². The van der Waals surface area contributed by atoms with Crippen LogP contribution in [0.5, 0.6) is 0 Å². The average molecular weight is 392 g/mol. The highest BCUT2D eigenvalue weighted by atomic mass is 16.2. The number of nitrogens with zero attached hydrogens (tertiary/aromatic N) is 1. The van der Waals surface area contributed by atoms with E-state index in [-0.39, 0.29) is 30.4 Å². The number of likely N-dealkylation sites (tertiary alicyclic amines) is 1. The molecule has 29 heavy (non-hydrogen) atoms. The first kappa shape index (κ1) is 20.8. The van der Waals surface area contributed by atoms with E-state index in [0.717, 1.165) is 43.5 Å². The van der Waals surface area contributed by atoms with Crippen molar-refractivity contribution in [1.29, 1.82) is 0 Å². The Bertz CT molecular complexity index is 857. The standard InChI is InChI=1S/C24H28N2O3/c1-18-10-6-7-13-20(18)21(27)14-15-22(28)25-23(19-11-4-2-5-12-19)24(29)26-16-8-3-9-17-26/h2,4-7,10-13,23H,3,8-9,14-17H2,1H3,(H,25,28). The van der Waals surface area contributed by atoms with Crippen molar-refractivity contribution in [2.75, 3.05) is 13.1 Å². The number of piperidine rings is 1. The molecule has 0 bridgehead atoms. The lowest BCUT2D eigenvalue weighted by Gasteiger charge is -2.31. The summed E-state index contributed by atoms with van der Waals surface area (Å²) in [5.41, 5.74) is 2.31. The van der Waals surface area contributed by atoms with Gasteiger partial charge in [0.1, 0.15) is 6.04 Å². The first-order chi connectivity index (χ1) is 14.1. The lowest BCUT2D eigenvalue weighted by atomic mass is 10.0. The van der Waals surface area contributed by atoms with Crippen LogP contribution < -0.4 is 5.32 Å². The van der Waals surface area contributed by atoms with Gasteiger partial charge < -0.3 is 10.2 Å². The Balaban J connectivity index is 1.65. The molecule has 1 aliphatic rings. The van der Waals surface area contributed by atoms with Gasteiger partial charge in [-0.3, -0.25) is 14.4 Å². The van der Waals surface area contributed by atoms with Gasteiger partial charge in [0.05, 0.1) is 0 Å². The smallest absolute Gasteiger partial charge is 0.249 e. The van der Waals surface area contributed by atoms with Crippen LogP contribution in [0.1, 0.15) is 59.6 Å². The maximum atomic E-state index is 13.1. The SMILES string of the molecule is Cc1ccccc1C(=O)CCC(=O)NC(C(=O)N1CCCCC1)c1ccccc1. The van der Waals surface area contributed by atoms with E-state index >= 15 is 0 Å². The zero-order chi connectivity index (χ0) is 20.6. The molecular weight excluding hydrogens is 364 g/mol. The molecule has 2 amide bonds. The van der Waals surface area contributed by atoms with Crippen LogP contribution in [0.25, 0.3) is 0 Å². The maximum Gasteiger partial charge on any atom is 0.249 e. The first-order valence-corrected chi connectivity index (χ1v) is 10.3. The number of hydrogen-bond acceptors (Lipinski definition) is 3. The summed E-state index contributed by atoms with van der Waals surface area (Å²) in [6.07, 6.45) is 3.30. The highest BCUT2D eigenvalue weighted by Crippen LogP contribution is 2.20. The minimum Gasteiger partial charge on any atom is -0.341 e. The zero-order valence-corrected chi connectivity index (χ0v) is 16.9. The molecular formula is C24H28N2O3. The second-order valence-corrected chi connectivity index (χ2v) is 7.54. The Labute approximate surface area is 172 Å². The summed E-state index contributed by atoms with van der Waals surface area (Å²) in [6, 6.07) is 16.0. The molecule has 152 valence electrons. The van der Waals surface area contributed by atoms with Crippen LogP contribution >= 0.6 is 0 Å². The fraction of sp³-hybridized carbons (Fsp3) is 0.375. The minimum atomic E-state index is -0.713. The third kappa shape index (κ3) is 5.53. The third-order valence-electron chi connectivity index (χ3n) is 5.38. The van der Waals surface area contributed by atoms with Gasteiger partial charge in [-0.05, 0) is 37.3 Å². The fourth-order valence-corrected chi connectivity index (χ4v) is 3.71. The highest BCUT2D eigenvalue weighted by Gasteiger charge is 2.28. The van der Waals surface area contributed by atoms with Crippen molar-refractivity contribution in [3.8, 4) is 0 Å². The maximum absolute atomic E-state index is 13.1. The molecule has 0 radical (unpaired) electrons. The summed E-state index contributed by atoms with van der Waals surface area (Å²) in [5.74, 6) is -0.419. The van der Waals surface area contributed by atoms with Crippen LogP contribution in [0.4, 0.5) is 0 Å². The number of nitrogens with one attached hydrogen (secondary N) is 1. The molecule has 0 aliphatic carbocycles. The summed E-state index contributed by atoms with van der Waals surface area (Å²) in [6.45, 7) is 3.34.